The van der Waals surface area contributed by atoms with Gasteiger partial charge in [0.25, 0.3) is 0 Å². The van der Waals surface area contributed by atoms with Crippen molar-refractivity contribution in [1.82, 2.24) is 9.38 Å². The molecule has 2 aromatic heterocycles. The zero-order valence-electron chi connectivity index (χ0n) is 11.1. The predicted octanol–water partition coefficient (Wildman–Crippen LogP) is 2.69. The number of hydrogen-bond acceptors (Lipinski definition) is 3. The average molecular weight is 280 g/mol. The van der Waals surface area contributed by atoms with Crippen LogP contribution in [0.2, 0.25) is 0 Å². The van der Waals surface area contributed by atoms with Gasteiger partial charge in [0, 0.05) is 26.4 Å². The summed E-state index contributed by atoms with van der Waals surface area (Å²) >= 11 is 6.12. The average Bonchev–Trinajstić information content (AvgIpc) is 2.86. The van der Waals surface area contributed by atoms with E-state index in [9.17, 15) is 0 Å². The van der Waals surface area contributed by atoms with Gasteiger partial charge in [-0.05, 0) is 25.0 Å². The predicted molar refractivity (Wildman–Crippen MR) is 77.0 cm³/mol. The summed E-state index contributed by atoms with van der Waals surface area (Å²) in [6.45, 7) is 1.91. The van der Waals surface area contributed by atoms with Gasteiger partial charge < -0.3 is 14.0 Å². The Morgan fingerprint density at radius 2 is 2.37 bits per heavy atom. The summed E-state index contributed by atoms with van der Waals surface area (Å²) in [4.78, 5) is 7.02. The fourth-order valence-corrected chi connectivity index (χ4v) is 2.98. The third-order valence-corrected chi connectivity index (χ3v) is 4.00. The second-order valence-electron chi connectivity index (χ2n) is 4.89. The Hall–Kier alpha value is -1.26. The number of anilines is 1. The molecular formula is C14H18ClN3O. The molecule has 19 heavy (non-hydrogen) atoms. The monoisotopic (exact) mass is 279 g/mol. The Balaban J connectivity index is 1.99. The first-order chi connectivity index (χ1) is 9.33. The second-order valence-corrected chi connectivity index (χ2v) is 5.16. The first kappa shape index (κ1) is 12.8. The molecule has 0 amide bonds. The maximum absolute atomic E-state index is 6.12. The number of pyridine rings is 1. The summed E-state index contributed by atoms with van der Waals surface area (Å²) in [5, 5.41) is 0. The molecule has 0 aromatic carbocycles. The number of piperidine rings is 1. The highest BCUT2D eigenvalue weighted by Crippen LogP contribution is 2.26. The van der Waals surface area contributed by atoms with Crippen LogP contribution in [0.4, 0.5) is 5.82 Å². The second kappa shape index (κ2) is 5.39. The Labute approximate surface area is 117 Å². The van der Waals surface area contributed by atoms with Crippen LogP contribution in [0.1, 0.15) is 18.5 Å². The number of aromatic nitrogens is 2. The number of ether oxygens (including phenoxy) is 1. The summed E-state index contributed by atoms with van der Waals surface area (Å²) in [7, 11) is 1.78. The molecule has 5 heteroatoms. The maximum Gasteiger partial charge on any atom is 0.152 e. The van der Waals surface area contributed by atoms with E-state index in [0.717, 1.165) is 43.1 Å². The Kier molecular flexibility index (Phi) is 3.62. The van der Waals surface area contributed by atoms with E-state index >= 15 is 0 Å². The maximum atomic E-state index is 6.12. The standard InChI is InChI=1S/C14H18ClN3O/c1-19-11-5-4-7-17(10-11)14-12(9-15)18-8-3-2-6-13(18)16-14/h2-3,6,8,11H,4-5,7,9-10H2,1H3. The Morgan fingerprint density at radius 1 is 1.47 bits per heavy atom. The van der Waals surface area contributed by atoms with E-state index in [1.807, 2.05) is 24.4 Å². The van der Waals surface area contributed by atoms with Gasteiger partial charge >= 0.3 is 0 Å². The van der Waals surface area contributed by atoms with Crippen molar-refractivity contribution in [2.75, 3.05) is 25.1 Å². The lowest BCUT2D eigenvalue weighted by molar-refractivity contribution is 0.0891. The van der Waals surface area contributed by atoms with Gasteiger partial charge in [0.15, 0.2) is 5.82 Å². The van der Waals surface area contributed by atoms with Gasteiger partial charge in [-0.3, -0.25) is 0 Å². The lowest BCUT2D eigenvalue weighted by Crippen LogP contribution is -2.39. The van der Waals surface area contributed by atoms with Crippen LogP contribution in [0.3, 0.4) is 0 Å². The number of methoxy groups -OCH3 is 1. The van der Waals surface area contributed by atoms with Crippen molar-refractivity contribution in [2.24, 2.45) is 0 Å². The van der Waals surface area contributed by atoms with E-state index in [-0.39, 0.29) is 0 Å². The van der Waals surface area contributed by atoms with Crippen molar-refractivity contribution in [2.45, 2.75) is 24.8 Å². The zero-order valence-corrected chi connectivity index (χ0v) is 11.8. The van der Waals surface area contributed by atoms with E-state index in [4.69, 9.17) is 21.3 Å². The molecule has 4 nitrogen and oxygen atoms in total. The van der Waals surface area contributed by atoms with Crippen molar-refractivity contribution in [1.29, 1.82) is 0 Å². The molecule has 1 unspecified atom stereocenters. The number of halogens is 1. The molecule has 0 radical (unpaired) electrons. The molecule has 2 aromatic rings. The highest BCUT2D eigenvalue weighted by molar-refractivity contribution is 6.17. The minimum atomic E-state index is 0.293. The molecular weight excluding hydrogens is 262 g/mol. The molecule has 0 spiro atoms. The molecule has 1 aliphatic heterocycles. The minimum Gasteiger partial charge on any atom is -0.380 e. The molecule has 102 valence electrons. The smallest absolute Gasteiger partial charge is 0.152 e. The van der Waals surface area contributed by atoms with Crippen molar-refractivity contribution < 1.29 is 4.74 Å². The van der Waals surface area contributed by atoms with Crippen LogP contribution in [0.15, 0.2) is 24.4 Å². The van der Waals surface area contributed by atoms with Gasteiger partial charge in [-0.1, -0.05) is 6.07 Å². The van der Waals surface area contributed by atoms with Gasteiger partial charge in [0.2, 0.25) is 0 Å². The minimum absolute atomic E-state index is 0.293. The highest BCUT2D eigenvalue weighted by Gasteiger charge is 2.24. The lowest BCUT2D eigenvalue weighted by atomic mass is 10.1. The number of hydrogen-bond donors (Lipinski definition) is 0. The third-order valence-electron chi connectivity index (χ3n) is 3.75. The van der Waals surface area contributed by atoms with Gasteiger partial charge in [0.1, 0.15) is 5.65 Å². The molecule has 1 fully saturated rings. The van der Waals surface area contributed by atoms with E-state index in [0.29, 0.717) is 12.0 Å². The molecule has 1 atom stereocenters. The highest BCUT2D eigenvalue weighted by atomic mass is 35.5. The van der Waals surface area contributed by atoms with Crippen molar-refractivity contribution >= 4 is 23.1 Å². The third kappa shape index (κ3) is 2.30. The summed E-state index contributed by atoms with van der Waals surface area (Å²) in [6, 6.07) is 6.01. The summed E-state index contributed by atoms with van der Waals surface area (Å²) in [5.41, 5.74) is 2.02. The molecule has 1 aliphatic rings. The Morgan fingerprint density at radius 3 is 3.16 bits per heavy atom. The van der Waals surface area contributed by atoms with E-state index < -0.39 is 0 Å². The van der Waals surface area contributed by atoms with Crippen molar-refractivity contribution in [3.8, 4) is 0 Å². The molecule has 3 heterocycles. The number of fused-ring (bicyclic) bond motifs is 1. The van der Waals surface area contributed by atoms with Crippen LogP contribution < -0.4 is 4.90 Å². The van der Waals surface area contributed by atoms with E-state index in [2.05, 4.69) is 9.30 Å². The van der Waals surface area contributed by atoms with Crippen molar-refractivity contribution in [3.63, 3.8) is 0 Å². The van der Waals surface area contributed by atoms with Gasteiger partial charge in [-0.2, -0.15) is 0 Å². The lowest BCUT2D eigenvalue weighted by Gasteiger charge is -2.32. The largest absolute Gasteiger partial charge is 0.380 e. The molecule has 0 aliphatic carbocycles. The summed E-state index contributed by atoms with van der Waals surface area (Å²) < 4.78 is 7.55. The van der Waals surface area contributed by atoms with Crippen LogP contribution in [0.25, 0.3) is 5.65 Å². The van der Waals surface area contributed by atoms with Gasteiger partial charge in [-0.15, -0.1) is 11.6 Å². The van der Waals surface area contributed by atoms with Crippen LogP contribution in [-0.4, -0.2) is 35.7 Å². The molecule has 1 saturated heterocycles. The quantitative estimate of drug-likeness (QED) is 0.809. The van der Waals surface area contributed by atoms with Crippen molar-refractivity contribution in [3.05, 3.63) is 30.1 Å². The number of imidazole rings is 1. The summed E-state index contributed by atoms with van der Waals surface area (Å²) in [5.74, 6) is 1.47. The number of nitrogens with zero attached hydrogens (tertiary/aromatic N) is 3. The molecule has 3 rings (SSSR count). The van der Waals surface area contributed by atoms with E-state index in [1.54, 1.807) is 7.11 Å². The van der Waals surface area contributed by atoms with E-state index in [1.165, 1.54) is 0 Å². The van der Waals surface area contributed by atoms with Crippen LogP contribution in [-0.2, 0) is 10.6 Å². The SMILES string of the molecule is COC1CCCN(c2nc3ccccn3c2CCl)C1. The topological polar surface area (TPSA) is 29.8 Å². The first-order valence-corrected chi connectivity index (χ1v) is 7.16. The molecule has 0 bridgehead atoms. The summed E-state index contributed by atoms with van der Waals surface area (Å²) in [6.07, 6.45) is 4.56. The fourth-order valence-electron chi connectivity index (χ4n) is 2.73. The zero-order chi connectivity index (χ0) is 13.2. The number of rotatable bonds is 3. The fraction of sp³-hybridized carbons (Fsp3) is 0.500. The molecule has 0 saturated carbocycles. The molecule has 0 N–H and O–H groups in total. The first-order valence-electron chi connectivity index (χ1n) is 6.63. The number of alkyl halides is 1. The van der Waals surface area contributed by atoms with Gasteiger partial charge in [-0.25, -0.2) is 4.98 Å². The van der Waals surface area contributed by atoms with Crippen LogP contribution >= 0.6 is 11.6 Å². The van der Waals surface area contributed by atoms with Crippen LogP contribution in [0, 0.1) is 0 Å². The normalized spacial score (nSPS) is 20.1. The van der Waals surface area contributed by atoms with Gasteiger partial charge in [0.05, 0.1) is 17.7 Å². The van der Waals surface area contributed by atoms with Crippen LogP contribution in [0.5, 0.6) is 0 Å². The Bertz CT molecular complexity index is 569.